The molecule has 0 aliphatic carbocycles. The third-order valence-electron chi connectivity index (χ3n) is 2.06. The highest BCUT2D eigenvalue weighted by molar-refractivity contribution is 5.85. The van der Waals surface area contributed by atoms with E-state index < -0.39 is 0 Å². The van der Waals surface area contributed by atoms with Crippen LogP contribution in [0, 0.1) is 0 Å². The number of hydrogen-bond acceptors (Lipinski definition) is 3. The Kier molecular flexibility index (Phi) is 4.31. The maximum atomic E-state index is 11.2. The van der Waals surface area contributed by atoms with Crippen LogP contribution < -0.4 is 0 Å². The van der Waals surface area contributed by atoms with Gasteiger partial charge in [0.05, 0.1) is 17.6 Å². The summed E-state index contributed by atoms with van der Waals surface area (Å²) in [5.41, 5.74) is 1.81. The number of halogens is 1. The molecule has 0 aliphatic rings. The van der Waals surface area contributed by atoms with Crippen LogP contribution >= 0.6 is 12.4 Å². The van der Waals surface area contributed by atoms with Gasteiger partial charge in [0.25, 0.3) is 0 Å². The zero-order valence-electron chi connectivity index (χ0n) is 8.90. The van der Waals surface area contributed by atoms with Gasteiger partial charge in [0.1, 0.15) is 12.2 Å². The van der Waals surface area contributed by atoms with Gasteiger partial charge in [-0.3, -0.25) is 4.79 Å². The van der Waals surface area contributed by atoms with E-state index in [1.165, 1.54) is 0 Å². The molecule has 16 heavy (non-hydrogen) atoms. The molecule has 86 valence electrons. The molecular weight excluding hydrogens is 228 g/mol. The average molecular weight is 241 g/mol. The van der Waals surface area contributed by atoms with Crippen molar-refractivity contribution < 1.29 is 9.53 Å². The first-order chi connectivity index (χ1) is 7.29. The second-order valence-corrected chi connectivity index (χ2v) is 3.18. The Morgan fingerprint density at radius 1 is 1.44 bits per heavy atom. The number of para-hydroxylation sites is 2. The summed E-state index contributed by atoms with van der Waals surface area (Å²) in [6.07, 6.45) is 0.197. The number of hydrogen-bond donors (Lipinski definition) is 1. The number of ether oxygens (including phenoxy) is 1. The highest BCUT2D eigenvalue weighted by Gasteiger charge is 2.07. The fourth-order valence-electron chi connectivity index (χ4n) is 1.44. The van der Waals surface area contributed by atoms with Crippen LogP contribution in [0.25, 0.3) is 11.0 Å². The van der Waals surface area contributed by atoms with Crippen LogP contribution in [-0.2, 0) is 16.0 Å². The van der Waals surface area contributed by atoms with Crippen LogP contribution in [0.5, 0.6) is 0 Å². The molecule has 1 aromatic carbocycles. The summed E-state index contributed by atoms with van der Waals surface area (Å²) >= 11 is 0. The number of carbonyl (C=O) groups is 1. The number of aromatic amines is 1. The summed E-state index contributed by atoms with van der Waals surface area (Å²) in [5, 5.41) is 0. The molecule has 1 N–H and O–H groups in total. The molecule has 0 spiro atoms. The van der Waals surface area contributed by atoms with E-state index in [0.29, 0.717) is 12.4 Å². The van der Waals surface area contributed by atoms with E-state index >= 15 is 0 Å². The van der Waals surface area contributed by atoms with Gasteiger partial charge in [0.15, 0.2) is 0 Å². The van der Waals surface area contributed by atoms with Gasteiger partial charge in [-0.15, -0.1) is 12.4 Å². The van der Waals surface area contributed by atoms with Gasteiger partial charge in [-0.05, 0) is 19.1 Å². The van der Waals surface area contributed by atoms with Crippen molar-refractivity contribution in [1.82, 2.24) is 9.97 Å². The standard InChI is InChI=1S/C11H12N2O2.ClH/c1-2-15-11(14)7-10-12-8-5-3-4-6-9(8)13-10;/h3-6H,2,7H2,1H3,(H,12,13);1H. The number of fused-ring (bicyclic) bond motifs is 1. The minimum Gasteiger partial charge on any atom is -0.466 e. The number of imidazole rings is 1. The minimum atomic E-state index is -0.253. The highest BCUT2D eigenvalue weighted by Crippen LogP contribution is 2.10. The molecule has 4 nitrogen and oxygen atoms in total. The molecule has 5 heteroatoms. The Morgan fingerprint density at radius 2 is 2.19 bits per heavy atom. The number of H-pyrrole nitrogens is 1. The van der Waals surface area contributed by atoms with Crippen LogP contribution in [0.4, 0.5) is 0 Å². The van der Waals surface area contributed by atoms with Crippen molar-refractivity contribution >= 4 is 29.4 Å². The van der Waals surface area contributed by atoms with Crippen molar-refractivity contribution in [1.29, 1.82) is 0 Å². The van der Waals surface area contributed by atoms with E-state index in [9.17, 15) is 4.79 Å². The Morgan fingerprint density at radius 3 is 2.88 bits per heavy atom. The first kappa shape index (κ1) is 12.5. The van der Waals surface area contributed by atoms with Gasteiger partial charge in [0.2, 0.25) is 0 Å². The van der Waals surface area contributed by atoms with Gasteiger partial charge in [-0.2, -0.15) is 0 Å². The van der Waals surface area contributed by atoms with Crippen LogP contribution in [0.1, 0.15) is 12.7 Å². The lowest BCUT2D eigenvalue weighted by molar-refractivity contribution is -0.142. The molecule has 0 aliphatic heterocycles. The topological polar surface area (TPSA) is 55.0 Å². The predicted octanol–water partition coefficient (Wildman–Crippen LogP) is 2.09. The lowest BCUT2D eigenvalue weighted by atomic mass is 10.3. The van der Waals surface area contributed by atoms with E-state index in [1.807, 2.05) is 24.3 Å². The fraction of sp³-hybridized carbons (Fsp3) is 0.273. The van der Waals surface area contributed by atoms with Gasteiger partial charge >= 0.3 is 5.97 Å². The van der Waals surface area contributed by atoms with E-state index in [0.717, 1.165) is 11.0 Å². The van der Waals surface area contributed by atoms with E-state index in [1.54, 1.807) is 6.92 Å². The molecule has 1 heterocycles. The molecule has 0 radical (unpaired) electrons. The average Bonchev–Trinajstić information content (AvgIpc) is 2.59. The highest BCUT2D eigenvalue weighted by atomic mass is 35.5. The minimum absolute atomic E-state index is 0. The maximum Gasteiger partial charge on any atom is 0.313 e. The molecule has 0 atom stereocenters. The van der Waals surface area contributed by atoms with Gasteiger partial charge in [-0.1, -0.05) is 12.1 Å². The zero-order chi connectivity index (χ0) is 10.7. The molecule has 2 rings (SSSR count). The summed E-state index contributed by atoms with van der Waals surface area (Å²) in [6.45, 7) is 2.19. The van der Waals surface area contributed by atoms with Crippen LogP contribution in [0.2, 0.25) is 0 Å². The van der Waals surface area contributed by atoms with Crippen molar-refractivity contribution in [3.63, 3.8) is 0 Å². The Hall–Kier alpha value is -1.55. The molecule has 0 amide bonds. The second kappa shape index (κ2) is 5.51. The third kappa shape index (κ3) is 2.73. The number of nitrogens with zero attached hydrogens (tertiary/aromatic N) is 1. The molecule has 1 aromatic heterocycles. The zero-order valence-corrected chi connectivity index (χ0v) is 9.71. The monoisotopic (exact) mass is 240 g/mol. The summed E-state index contributed by atoms with van der Waals surface area (Å²) < 4.78 is 4.84. The smallest absolute Gasteiger partial charge is 0.313 e. The SMILES string of the molecule is CCOC(=O)Cc1nc2ccccc2[nH]1.Cl. The number of esters is 1. The summed E-state index contributed by atoms with van der Waals surface area (Å²) in [4.78, 5) is 18.6. The van der Waals surface area contributed by atoms with Crippen molar-refractivity contribution in [3.05, 3.63) is 30.1 Å². The largest absolute Gasteiger partial charge is 0.466 e. The van der Waals surface area contributed by atoms with E-state index in [-0.39, 0.29) is 24.8 Å². The van der Waals surface area contributed by atoms with Crippen LogP contribution in [0.15, 0.2) is 24.3 Å². The number of aromatic nitrogens is 2. The van der Waals surface area contributed by atoms with Crippen molar-refractivity contribution in [3.8, 4) is 0 Å². The maximum absolute atomic E-state index is 11.2. The molecule has 0 fully saturated rings. The Balaban J connectivity index is 0.00000128. The van der Waals surface area contributed by atoms with Crippen LogP contribution in [0.3, 0.4) is 0 Å². The fourth-order valence-corrected chi connectivity index (χ4v) is 1.44. The van der Waals surface area contributed by atoms with E-state index in [2.05, 4.69) is 9.97 Å². The van der Waals surface area contributed by atoms with Gasteiger partial charge < -0.3 is 9.72 Å². The van der Waals surface area contributed by atoms with E-state index in [4.69, 9.17) is 4.74 Å². The lowest BCUT2D eigenvalue weighted by Gasteiger charge is -1.97. The molecule has 2 aromatic rings. The summed E-state index contributed by atoms with van der Waals surface area (Å²) in [7, 11) is 0. The number of benzene rings is 1. The first-order valence-corrected chi connectivity index (χ1v) is 4.89. The van der Waals surface area contributed by atoms with Crippen LogP contribution in [-0.4, -0.2) is 22.5 Å². The Bertz CT molecular complexity index is 449. The van der Waals surface area contributed by atoms with Gasteiger partial charge in [-0.25, -0.2) is 4.98 Å². The Labute approximate surface area is 99.4 Å². The van der Waals surface area contributed by atoms with Crippen molar-refractivity contribution in [2.24, 2.45) is 0 Å². The molecule has 0 bridgehead atoms. The molecule has 0 saturated carbocycles. The molecular formula is C11H13ClN2O2. The summed E-state index contributed by atoms with van der Waals surface area (Å²) in [6, 6.07) is 7.67. The normalized spacial score (nSPS) is 9.81. The lowest BCUT2D eigenvalue weighted by Crippen LogP contribution is -2.08. The number of rotatable bonds is 3. The number of carbonyl (C=O) groups excluding carboxylic acids is 1. The second-order valence-electron chi connectivity index (χ2n) is 3.18. The summed E-state index contributed by atoms with van der Waals surface area (Å²) in [5.74, 6) is 0.395. The first-order valence-electron chi connectivity index (χ1n) is 4.89. The predicted molar refractivity (Wildman–Crippen MR) is 63.7 cm³/mol. The quantitative estimate of drug-likeness (QED) is 0.836. The number of nitrogens with one attached hydrogen (secondary N) is 1. The molecule has 0 unspecified atom stereocenters. The van der Waals surface area contributed by atoms with Crippen molar-refractivity contribution in [2.45, 2.75) is 13.3 Å². The third-order valence-corrected chi connectivity index (χ3v) is 2.06. The van der Waals surface area contributed by atoms with Crippen molar-refractivity contribution in [2.75, 3.05) is 6.61 Å². The molecule has 0 saturated heterocycles. The van der Waals surface area contributed by atoms with Gasteiger partial charge in [0, 0.05) is 0 Å².